The number of nitrogens with one attached hydrogen (secondary N) is 2. The maximum absolute atomic E-state index is 12.2. The second-order valence-electron chi connectivity index (χ2n) is 6.89. The molecule has 6 heteroatoms. The van der Waals surface area contributed by atoms with Gasteiger partial charge in [0.25, 0.3) is 0 Å². The first-order chi connectivity index (χ1) is 12.1. The van der Waals surface area contributed by atoms with Gasteiger partial charge in [0, 0.05) is 43.7 Å². The van der Waals surface area contributed by atoms with Crippen molar-refractivity contribution in [2.24, 2.45) is 5.92 Å². The second-order valence-corrected chi connectivity index (χ2v) is 6.89. The quantitative estimate of drug-likeness (QED) is 0.818. The van der Waals surface area contributed by atoms with E-state index in [0.29, 0.717) is 31.8 Å². The van der Waals surface area contributed by atoms with Crippen LogP contribution in [0.15, 0.2) is 24.3 Å². The highest BCUT2D eigenvalue weighted by Crippen LogP contribution is 2.27. The Balaban J connectivity index is 1.41. The molecule has 1 aromatic carbocycles. The fourth-order valence-corrected chi connectivity index (χ4v) is 3.45. The number of hydrogen-bond donors (Lipinski definition) is 2. The predicted molar refractivity (Wildman–Crippen MR) is 96.4 cm³/mol. The van der Waals surface area contributed by atoms with Crippen LogP contribution in [0.2, 0.25) is 0 Å². The van der Waals surface area contributed by atoms with Crippen molar-refractivity contribution in [2.75, 3.05) is 38.2 Å². The summed E-state index contributed by atoms with van der Waals surface area (Å²) < 4.78 is 5.35. The number of amides is 2. The lowest BCUT2D eigenvalue weighted by Gasteiger charge is -2.32. The van der Waals surface area contributed by atoms with E-state index < -0.39 is 0 Å². The molecule has 2 aliphatic rings. The van der Waals surface area contributed by atoms with Gasteiger partial charge in [0.2, 0.25) is 11.8 Å². The molecule has 3 rings (SSSR count). The van der Waals surface area contributed by atoms with Gasteiger partial charge in [0.1, 0.15) is 0 Å². The van der Waals surface area contributed by atoms with Crippen LogP contribution in [0, 0.1) is 5.92 Å². The molecule has 0 saturated carbocycles. The number of carbonyl (C=O) groups is 2. The summed E-state index contributed by atoms with van der Waals surface area (Å²) in [6.07, 6.45) is 1.67. The first-order valence-corrected chi connectivity index (χ1v) is 9.11. The fourth-order valence-electron chi connectivity index (χ4n) is 3.45. The summed E-state index contributed by atoms with van der Waals surface area (Å²) in [5, 5.41) is 5.94. The van der Waals surface area contributed by atoms with Crippen molar-refractivity contribution in [2.45, 2.75) is 32.2 Å². The predicted octanol–water partition coefficient (Wildman–Crippen LogP) is 1.41. The molecule has 2 amide bonds. The van der Waals surface area contributed by atoms with Gasteiger partial charge in [-0.1, -0.05) is 18.2 Å². The van der Waals surface area contributed by atoms with Crippen molar-refractivity contribution in [3.63, 3.8) is 0 Å². The Hall–Kier alpha value is -1.92. The van der Waals surface area contributed by atoms with Crippen molar-refractivity contribution in [1.82, 2.24) is 10.2 Å². The molecule has 0 unspecified atom stereocenters. The minimum absolute atomic E-state index is 0.0202. The van der Waals surface area contributed by atoms with Gasteiger partial charge in [-0.25, -0.2) is 0 Å². The summed E-state index contributed by atoms with van der Waals surface area (Å²) in [4.78, 5) is 26.6. The SMILES string of the molecule is C[C@H](CNC(=O)CC[C@H]1Cc2ccccc2NC1=O)N1CCOCC1. The van der Waals surface area contributed by atoms with E-state index in [4.69, 9.17) is 4.74 Å². The molecule has 0 bridgehead atoms. The average Bonchev–Trinajstić information content (AvgIpc) is 2.65. The standard InChI is InChI=1S/C19H27N3O3/c1-14(22-8-10-25-11-9-22)13-20-18(23)7-6-16-12-15-4-2-3-5-17(15)21-19(16)24/h2-5,14,16H,6-13H2,1H3,(H,20,23)(H,21,24)/t14-,16+/m1/s1. The number of fused-ring (bicyclic) bond motifs is 1. The molecule has 2 N–H and O–H groups in total. The molecule has 2 aliphatic heterocycles. The Kier molecular flexibility index (Phi) is 6.04. The van der Waals surface area contributed by atoms with Gasteiger partial charge >= 0.3 is 0 Å². The highest BCUT2D eigenvalue weighted by molar-refractivity contribution is 5.96. The van der Waals surface area contributed by atoms with Crippen molar-refractivity contribution in [3.05, 3.63) is 29.8 Å². The number of benzene rings is 1. The van der Waals surface area contributed by atoms with Crippen molar-refractivity contribution >= 4 is 17.5 Å². The fraction of sp³-hybridized carbons (Fsp3) is 0.579. The molecule has 136 valence electrons. The van der Waals surface area contributed by atoms with E-state index in [-0.39, 0.29) is 17.7 Å². The lowest BCUT2D eigenvalue weighted by Crippen LogP contribution is -2.47. The van der Waals surface area contributed by atoms with Crippen molar-refractivity contribution in [3.8, 4) is 0 Å². The van der Waals surface area contributed by atoms with Crippen LogP contribution in [0.5, 0.6) is 0 Å². The molecule has 1 fully saturated rings. The molecule has 0 spiro atoms. The van der Waals surface area contributed by atoms with E-state index in [2.05, 4.69) is 22.5 Å². The number of para-hydroxylation sites is 1. The zero-order valence-electron chi connectivity index (χ0n) is 14.8. The maximum Gasteiger partial charge on any atom is 0.227 e. The monoisotopic (exact) mass is 345 g/mol. The summed E-state index contributed by atoms with van der Waals surface area (Å²) in [6, 6.07) is 8.16. The van der Waals surface area contributed by atoms with Crippen molar-refractivity contribution in [1.29, 1.82) is 0 Å². The molecule has 2 atom stereocenters. The van der Waals surface area contributed by atoms with Gasteiger partial charge in [-0.2, -0.15) is 0 Å². The summed E-state index contributed by atoms with van der Waals surface area (Å²) in [5.41, 5.74) is 2.04. The minimum Gasteiger partial charge on any atom is -0.379 e. The van der Waals surface area contributed by atoms with Crippen LogP contribution in [0.4, 0.5) is 5.69 Å². The molecule has 0 aliphatic carbocycles. The molecular formula is C19H27N3O3. The second kappa shape index (κ2) is 8.45. The molecule has 0 radical (unpaired) electrons. The number of nitrogens with zero attached hydrogens (tertiary/aromatic N) is 1. The summed E-state index contributed by atoms with van der Waals surface area (Å²) >= 11 is 0. The van der Waals surface area contributed by atoms with E-state index in [0.717, 1.165) is 37.6 Å². The lowest BCUT2D eigenvalue weighted by molar-refractivity contribution is -0.123. The van der Waals surface area contributed by atoms with E-state index >= 15 is 0 Å². The van der Waals surface area contributed by atoms with E-state index in [1.54, 1.807) is 0 Å². The van der Waals surface area contributed by atoms with Crippen molar-refractivity contribution < 1.29 is 14.3 Å². The van der Waals surface area contributed by atoms with Gasteiger partial charge in [-0.15, -0.1) is 0 Å². The van der Waals surface area contributed by atoms with Gasteiger partial charge < -0.3 is 15.4 Å². The van der Waals surface area contributed by atoms with Crippen LogP contribution >= 0.6 is 0 Å². The summed E-state index contributed by atoms with van der Waals surface area (Å²) in [5.74, 6) is -0.0859. The number of ether oxygens (including phenoxy) is 1. The Morgan fingerprint density at radius 2 is 2.12 bits per heavy atom. The minimum atomic E-state index is -0.127. The van der Waals surface area contributed by atoms with Gasteiger partial charge in [-0.3, -0.25) is 14.5 Å². The van der Waals surface area contributed by atoms with Gasteiger partial charge in [0.15, 0.2) is 0 Å². The van der Waals surface area contributed by atoms with Gasteiger partial charge in [0.05, 0.1) is 13.2 Å². The third-order valence-corrected chi connectivity index (χ3v) is 5.10. The Morgan fingerprint density at radius 3 is 2.92 bits per heavy atom. The smallest absolute Gasteiger partial charge is 0.227 e. The Labute approximate surface area is 148 Å². The molecule has 1 saturated heterocycles. The van der Waals surface area contributed by atoms with Crippen LogP contribution in [-0.2, 0) is 20.7 Å². The van der Waals surface area contributed by atoms with Crippen LogP contribution in [0.1, 0.15) is 25.3 Å². The van der Waals surface area contributed by atoms with E-state index in [1.165, 1.54) is 0 Å². The van der Waals surface area contributed by atoms with Gasteiger partial charge in [-0.05, 0) is 31.4 Å². The third-order valence-electron chi connectivity index (χ3n) is 5.10. The number of hydrogen-bond acceptors (Lipinski definition) is 4. The Bertz CT molecular complexity index is 614. The lowest BCUT2D eigenvalue weighted by atomic mass is 9.89. The zero-order chi connectivity index (χ0) is 17.6. The number of morpholine rings is 1. The maximum atomic E-state index is 12.2. The number of anilines is 1. The van der Waals surface area contributed by atoms with E-state index in [9.17, 15) is 9.59 Å². The highest BCUT2D eigenvalue weighted by Gasteiger charge is 2.26. The summed E-state index contributed by atoms with van der Waals surface area (Å²) in [7, 11) is 0. The average molecular weight is 345 g/mol. The molecule has 25 heavy (non-hydrogen) atoms. The molecular weight excluding hydrogens is 318 g/mol. The molecule has 0 aromatic heterocycles. The highest BCUT2D eigenvalue weighted by atomic mass is 16.5. The Morgan fingerprint density at radius 1 is 1.36 bits per heavy atom. The normalized spacial score (nSPS) is 22.0. The first-order valence-electron chi connectivity index (χ1n) is 9.11. The molecule has 2 heterocycles. The zero-order valence-corrected chi connectivity index (χ0v) is 14.8. The first kappa shape index (κ1) is 17.9. The van der Waals surface area contributed by atoms with Crippen LogP contribution in [0.25, 0.3) is 0 Å². The number of rotatable bonds is 6. The van der Waals surface area contributed by atoms with Crippen LogP contribution < -0.4 is 10.6 Å². The third kappa shape index (κ3) is 4.80. The largest absolute Gasteiger partial charge is 0.379 e. The molecule has 1 aromatic rings. The van der Waals surface area contributed by atoms with Crippen LogP contribution in [-0.4, -0.2) is 55.6 Å². The topological polar surface area (TPSA) is 70.7 Å². The molecule has 6 nitrogen and oxygen atoms in total. The number of carbonyl (C=O) groups excluding carboxylic acids is 2. The van der Waals surface area contributed by atoms with E-state index in [1.807, 2.05) is 24.3 Å². The van der Waals surface area contributed by atoms with Crippen LogP contribution in [0.3, 0.4) is 0 Å². The summed E-state index contributed by atoms with van der Waals surface area (Å²) in [6.45, 7) is 6.11.